The summed E-state index contributed by atoms with van der Waals surface area (Å²) in [6, 6.07) is 0. The van der Waals surface area contributed by atoms with Gasteiger partial charge in [-0.25, -0.2) is 4.79 Å². The largest absolute Gasteiger partial charge is 0.465 e. The van der Waals surface area contributed by atoms with Crippen molar-refractivity contribution in [1.29, 1.82) is 0 Å². The summed E-state index contributed by atoms with van der Waals surface area (Å²) < 4.78 is 0. The van der Waals surface area contributed by atoms with Gasteiger partial charge in [-0.15, -0.1) is 0 Å². The number of carboxylic acid groups (broad SMARTS) is 1. The Morgan fingerprint density at radius 2 is 2.00 bits per heavy atom. The number of rotatable bonds is 0. The molecule has 0 fully saturated rings. The molecule has 0 unspecified atom stereocenters. The first-order valence-corrected chi connectivity index (χ1v) is 3.77. The maximum absolute atomic E-state index is 8.78. The average molecular weight is 169 g/mol. The topological polar surface area (TPSA) is 63.3 Å². The van der Waals surface area contributed by atoms with E-state index in [0.29, 0.717) is 5.41 Å². The van der Waals surface area contributed by atoms with E-state index < -0.39 is 6.09 Å². The van der Waals surface area contributed by atoms with Crippen molar-refractivity contribution in [2.75, 3.05) is 0 Å². The molecule has 0 aromatic rings. The molecule has 68 valence electrons. The Labute approximate surface area is 72.6 Å². The van der Waals surface area contributed by atoms with Crippen LogP contribution in [-0.4, -0.2) is 11.2 Å². The van der Waals surface area contributed by atoms with Crippen molar-refractivity contribution in [3.63, 3.8) is 0 Å². The van der Waals surface area contributed by atoms with Gasteiger partial charge in [0, 0.05) is 0 Å². The molecular formula is C9H15NO2. The highest BCUT2D eigenvalue weighted by Gasteiger charge is 2.11. The Bertz CT molecular complexity index is 201. The third-order valence-electron chi connectivity index (χ3n) is 1.44. The fraction of sp³-hybridized carbons (Fsp3) is 0.444. The molecule has 0 bridgehead atoms. The summed E-state index contributed by atoms with van der Waals surface area (Å²) in [6.07, 6.45) is 8.52. The third kappa shape index (κ3) is 6.86. The third-order valence-corrected chi connectivity index (χ3v) is 1.44. The molecule has 1 aliphatic rings. The second-order valence-corrected chi connectivity index (χ2v) is 3.32. The van der Waals surface area contributed by atoms with Gasteiger partial charge in [-0.2, -0.15) is 0 Å². The predicted octanol–water partition coefficient (Wildman–Crippen LogP) is 2.15. The van der Waals surface area contributed by atoms with Crippen LogP contribution in [0.3, 0.4) is 0 Å². The van der Waals surface area contributed by atoms with E-state index in [0.717, 1.165) is 0 Å². The number of carbonyl (C=O) groups is 1. The van der Waals surface area contributed by atoms with E-state index in [4.69, 9.17) is 9.90 Å². The molecule has 1 amide bonds. The van der Waals surface area contributed by atoms with E-state index in [1.165, 1.54) is 6.42 Å². The Morgan fingerprint density at radius 1 is 1.50 bits per heavy atom. The maximum Gasteiger partial charge on any atom is 0.402 e. The van der Waals surface area contributed by atoms with Gasteiger partial charge in [0.2, 0.25) is 0 Å². The molecule has 3 nitrogen and oxygen atoms in total. The fourth-order valence-corrected chi connectivity index (χ4v) is 0.834. The van der Waals surface area contributed by atoms with Gasteiger partial charge in [-0.1, -0.05) is 38.2 Å². The summed E-state index contributed by atoms with van der Waals surface area (Å²) in [5, 5.41) is 7.19. The number of hydrogen-bond donors (Lipinski definition) is 2. The van der Waals surface area contributed by atoms with Crippen LogP contribution in [0, 0.1) is 5.41 Å². The molecule has 3 heteroatoms. The van der Waals surface area contributed by atoms with E-state index in [9.17, 15) is 0 Å². The summed E-state index contributed by atoms with van der Waals surface area (Å²) in [5.41, 5.74) is 4.44. The van der Waals surface area contributed by atoms with Gasteiger partial charge < -0.3 is 10.8 Å². The highest BCUT2D eigenvalue weighted by atomic mass is 16.4. The molecule has 3 N–H and O–H groups in total. The summed E-state index contributed by atoms with van der Waals surface area (Å²) in [5.74, 6) is 0. The monoisotopic (exact) mass is 169 g/mol. The number of nitrogens with two attached hydrogens (primary N) is 1. The van der Waals surface area contributed by atoms with Crippen LogP contribution >= 0.6 is 0 Å². The summed E-state index contributed by atoms with van der Waals surface area (Å²) >= 11 is 0. The minimum atomic E-state index is -1.33. The molecule has 1 aliphatic carbocycles. The van der Waals surface area contributed by atoms with Crippen LogP contribution in [-0.2, 0) is 0 Å². The molecule has 0 saturated heterocycles. The van der Waals surface area contributed by atoms with Crippen LogP contribution in [0.1, 0.15) is 20.3 Å². The van der Waals surface area contributed by atoms with Crippen molar-refractivity contribution >= 4 is 6.09 Å². The first-order valence-electron chi connectivity index (χ1n) is 3.77. The summed E-state index contributed by atoms with van der Waals surface area (Å²) in [4.78, 5) is 8.78. The maximum atomic E-state index is 8.78. The first kappa shape index (κ1) is 10.8. The lowest BCUT2D eigenvalue weighted by molar-refractivity contribution is 0.205. The summed E-state index contributed by atoms with van der Waals surface area (Å²) in [6.45, 7) is 4.49. The number of hydrogen-bond acceptors (Lipinski definition) is 1. The van der Waals surface area contributed by atoms with Crippen molar-refractivity contribution in [2.45, 2.75) is 20.3 Å². The molecule has 0 heterocycles. The minimum absolute atomic E-state index is 0.411. The smallest absolute Gasteiger partial charge is 0.402 e. The molecule has 0 aromatic carbocycles. The first-order chi connectivity index (χ1) is 5.44. The van der Waals surface area contributed by atoms with Crippen LogP contribution in [0.4, 0.5) is 4.79 Å². The second-order valence-electron chi connectivity index (χ2n) is 3.32. The number of primary amides is 1. The quantitative estimate of drug-likeness (QED) is 0.583. The number of amides is 1. The summed E-state index contributed by atoms with van der Waals surface area (Å²) in [7, 11) is 0. The molecule has 0 atom stereocenters. The predicted molar refractivity (Wildman–Crippen MR) is 48.9 cm³/mol. The van der Waals surface area contributed by atoms with Crippen LogP contribution in [0.5, 0.6) is 0 Å². The Hall–Kier alpha value is -1.25. The molecule has 0 radical (unpaired) electrons. The highest BCUT2D eigenvalue weighted by molar-refractivity contribution is 5.61. The van der Waals surface area contributed by atoms with Gasteiger partial charge in [0.15, 0.2) is 0 Å². The molecule has 0 saturated carbocycles. The van der Waals surface area contributed by atoms with Crippen molar-refractivity contribution in [2.24, 2.45) is 11.1 Å². The molecule has 0 spiro atoms. The lowest BCUT2D eigenvalue weighted by atomic mass is 9.86. The van der Waals surface area contributed by atoms with Gasteiger partial charge in [0.05, 0.1) is 0 Å². The zero-order valence-corrected chi connectivity index (χ0v) is 7.45. The van der Waals surface area contributed by atoms with E-state index in [1.54, 1.807) is 0 Å². The lowest BCUT2D eigenvalue weighted by Crippen LogP contribution is -2.06. The zero-order chi connectivity index (χ0) is 9.61. The van der Waals surface area contributed by atoms with Crippen LogP contribution < -0.4 is 5.73 Å². The zero-order valence-electron chi connectivity index (χ0n) is 7.45. The molecule has 0 aromatic heterocycles. The van der Waals surface area contributed by atoms with Gasteiger partial charge in [0.1, 0.15) is 0 Å². The normalized spacial score (nSPS) is 17.8. The Kier molecular flexibility index (Phi) is 4.11. The number of allylic oxidation sites excluding steroid dienone is 4. The van der Waals surface area contributed by atoms with Gasteiger partial charge in [0.25, 0.3) is 0 Å². The second kappa shape index (κ2) is 4.59. The van der Waals surface area contributed by atoms with Crippen molar-refractivity contribution < 1.29 is 9.90 Å². The van der Waals surface area contributed by atoms with Gasteiger partial charge >= 0.3 is 6.09 Å². The van der Waals surface area contributed by atoms with E-state index >= 15 is 0 Å². The minimum Gasteiger partial charge on any atom is -0.465 e. The molecule has 0 aliphatic heterocycles. The van der Waals surface area contributed by atoms with E-state index in [2.05, 4.69) is 43.9 Å². The van der Waals surface area contributed by atoms with Crippen LogP contribution in [0.25, 0.3) is 0 Å². The SMILES string of the molecule is CC1(C)C=CC=CC1.NC(=O)O. The fourth-order valence-electron chi connectivity index (χ4n) is 0.834. The van der Waals surface area contributed by atoms with E-state index in [1.807, 2.05) is 0 Å². The van der Waals surface area contributed by atoms with Crippen molar-refractivity contribution in [3.8, 4) is 0 Å². The van der Waals surface area contributed by atoms with Crippen LogP contribution in [0.15, 0.2) is 24.3 Å². The van der Waals surface area contributed by atoms with Crippen molar-refractivity contribution in [3.05, 3.63) is 24.3 Å². The molecular weight excluding hydrogens is 154 g/mol. The highest BCUT2D eigenvalue weighted by Crippen LogP contribution is 2.24. The van der Waals surface area contributed by atoms with E-state index in [-0.39, 0.29) is 0 Å². The van der Waals surface area contributed by atoms with Crippen molar-refractivity contribution in [1.82, 2.24) is 0 Å². The molecule has 12 heavy (non-hydrogen) atoms. The Morgan fingerprint density at radius 3 is 2.17 bits per heavy atom. The van der Waals surface area contributed by atoms with Gasteiger partial charge in [-0.05, 0) is 11.8 Å². The average Bonchev–Trinajstić information content (AvgIpc) is 1.85. The standard InChI is InChI=1S/C8H12.CH3NO2/c1-8(2)6-4-3-5-7-8;2-1(3)4/h3-6H,7H2,1-2H3;2H2,(H,3,4). The Balaban J connectivity index is 0.000000261. The van der Waals surface area contributed by atoms with Gasteiger partial charge in [-0.3, -0.25) is 0 Å². The van der Waals surface area contributed by atoms with Crippen LogP contribution in [0.2, 0.25) is 0 Å². The lowest BCUT2D eigenvalue weighted by Gasteiger charge is -2.19. The molecule has 1 rings (SSSR count).